The number of aromatic nitrogens is 2. The molecule has 5 rings (SSSR count). The Morgan fingerprint density at radius 3 is 2.61 bits per heavy atom. The SMILES string of the molecule is COc1cc2c(cc1OC)C1CCCCC1N=C2c1ccc2nc(C)[nH]c2c1. The molecule has 144 valence electrons. The Kier molecular flexibility index (Phi) is 4.11. The summed E-state index contributed by atoms with van der Waals surface area (Å²) in [5.41, 5.74) is 6.71. The third-order valence-corrected chi connectivity index (χ3v) is 6.11. The van der Waals surface area contributed by atoms with Crippen LogP contribution >= 0.6 is 0 Å². The number of hydrogen-bond acceptors (Lipinski definition) is 4. The molecule has 0 spiro atoms. The fraction of sp³-hybridized carbons (Fsp3) is 0.391. The molecule has 1 aromatic heterocycles. The van der Waals surface area contributed by atoms with E-state index in [1.54, 1.807) is 14.2 Å². The van der Waals surface area contributed by atoms with Gasteiger partial charge in [-0.1, -0.05) is 18.9 Å². The number of aromatic amines is 1. The first kappa shape index (κ1) is 17.3. The van der Waals surface area contributed by atoms with Crippen molar-refractivity contribution in [3.05, 3.63) is 52.8 Å². The minimum absolute atomic E-state index is 0.341. The van der Waals surface area contributed by atoms with Crippen molar-refractivity contribution in [2.45, 2.75) is 44.6 Å². The Balaban J connectivity index is 1.71. The standard InChI is InChI=1S/C23H25N3O2/c1-13-24-19-9-8-14(10-20(19)25-13)23-17-12-22(28-3)21(27-2)11-16(17)15-6-4-5-7-18(15)26-23/h8-12,15,18H,4-7H2,1-3H3,(H,24,25). The van der Waals surface area contributed by atoms with E-state index in [0.29, 0.717) is 12.0 Å². The van der Waals surface area contributed by atoms with E-state index in [0.717, 1.165) is 51.6 Å². The van der Waals surface area contributed by atoms with Gasteiger partial charge in [-0.2, -0.15) is 0 Å². The number of aliphatic imine (C=N–C) groups is 1. The molecule has 2 unspecified atom stereocenters. The Morgan fingerprint density at radius 1 is 1.00 bits per heavy atom. The Hall–Kier alpha value is -2.82. The van der Waals surface area contributed by atoms with Crippen molar-refractivity contribution >= 4 is 16.7 Å². The van der Waals surface area contributed by atoms with Gasteiger partial charge in [-0.25, -0.2) is 4.98 Å². The lowest BCUT2D eigenvalue weighted by Crippen LogP contribution is -2.29. The van der Waals surface area contributed by atoms with Crippen LogP contribution in [0.2, 0.25) is 0 Å². The summed E-state index contributed by atoms with van der Waals surface area (Å²) in [6.07, 6.45) is 4.84. The Morgan fingerprint density at radius 2 is 1.79 bits per heavy atom. The Labute approximate surface area is 164 Å². The first-order chi connectivity index (χ1) is 13.7. The molecular formula is C23H25N3O2. The van der Waals surface area contributed by atoms with E-state index >= 15 is 0 Å². The third kappa shape index (κ3) is 2.68. The van der Waals surface area contributed by atoms with Gasteiger partial charge in [-0.3, -0.25) is 4.99 Å². The molecule has 0 bridgehead atoms. The molecule has 1 N–H and O–H groups in total. The topological polar surface area (TPSA) is 59.5 Å². The maximum absolute atomic E-state index is 5.61. The highest BCUT2D eigenvalue weighted by atomic mass is 16.5. The maximum atomic E-state index is 5.61. The second-order valence-corrected chi connectivity index (χ2v) is 7.78. The highest BCUT2D eigenvalue weighted by Crippen LogP contribution is 2.44. The molecule has 1 saturated carbocycles. The van der Waals surface area contributed by atoms with Crippen LogP contribution in [0.4, 0.5) is 0 Å². The quantitative estimate of drug-likeness (QED) is 0.718. The van der Waals surface area contributed by atoms with Gasteiger partial charge in [0.05, 0.1) is 37.0 Å². The van der Waals surface area contributed by atoms with E-state index < -0.39 is 0 Å². The van der Waals surface area contributed by atoms with Crippen LogP contribution in [-0.2, 0) is 0 Å². The number of aryl methyl sites for hydroxylation is 1. The van der Waals surface area contributed by atoms with Crippen molar-refractivity contribution in [2.75, 3.05) is 14.2 Å². The zero-order valence-electron chi connectivity index (χ0n) is 16.6. The third-order valence-electron chi connectivity index (χ3n) is 6.11. The summed E-state index contributed by atoms with van der Waals surface area (Å²) in [5.74, 6) is 2.94. The number of imidazole rings is 1. The van der Waals surface area contributed by atoms with E-state index in [-0.39, 0.29) is 0 Å². The predicted molar refractivity (Wildman–Crippen MR) is 111 cm³/mol. The molecule has 0 saturated heterocycles. The highest BCUT2D eigenvalue weighted by molar-refractivity contribution is 6.16. The van der Waals surface area contributed by atoms with E-state index in [4.69, 9.17) is 14.5 Å². The molecule has 1 aliphatic carbocycles. The second-order valence-electron chi connectivity index (χ2n) is 7.78. The van der Waals surface area contributed by atoms with Gasteiger partial charge in [0.2, 0.25) is 0 Å². The second kappa shape index (κ2) is 6.66. The zero-order valence-corrected chi connectivity index (χ0v) is 16.6. The molecule has 3 aromatic rings. The van der Waals surface area contributed by atoms with Crippen LogP contribution in [0.15, 0.2) is 35.3 Å². The summed E-state index contributed by atoms with van der Waals surface area (Å²) in [6.45, 7) is 1.98. The van der Waals surface area contributed by atoms with Crippen LogP contribution in [0.1, 0.15) is 54.1 Å². The van der Waals surface area contributed by atoms with E-state index in [1.807, 2.05) is 6.92 Å². The van der Waals surface area contributed by atoms with Gasteiger partial charge in [0.1, 0.15) is 5.82 Å². The molecule has 1 aliphatic heterocycles. The lowest BCUT2D eigenvalue weighted by Gasteiger charge is -2.35. The van der Waals surface area contributed by atoms with Crippen LogP contribution in [-0.4, -0.2) is 35.9 Å². The van der Waals surface area contributed by atoms with Gasteiger partial charge in [0.25, 0.3) is 0 Å². The van der Waals surface area contributed by atoms with E-state index in [2.05, 4.69) is 40.3 Å². The molecule has 2 aliphatic rings. The van der Waals surface area contributed by atoms with Gasteiger partial charge in [-0.05, 0) is 49.6 Å². The number of nitrogens with one attached hydrogen (secondary N) is 1. The number of methoxy groups -OCH3 is 2. The minimum Gasteiger partial charge on any atom is -0.493 e. The molecule has 2 aromatic carbocycles. The Bertz CT molecular complexity index is 1080. The van der Waals surface area contributed by atoms with E-state index in [9.17, 15) is 0 Å². The zero-order chi connectivity index (χ0) is 19.3. The fourth-order valence-corrected chi connectivity index (χ4v) is 4.79. The number of benzene rings is 2. The molecule has 5 heteroatoms. The smallest absolute Gasteiger partial charge is 0.161 e. The number of nitrogens with zero attached hydrogens (tertiary/aromatic N) is 2. The van der Waals surface area contributed by atoms with E-state index in [1.165, 1.54) is 24.8 Å². The van der Waals surface area contributed by atoms with Gasteiger partial charge < -0.3 is 14.5 Å². The lowest BCUT2D eigenvalue weighted by atomic mass is 9.75. The van der Waals surface area contributed by atoms with Crippen molar-refractivity contribution in [3.63, 3.8) is 0 Å². The maximum Gasteiger partial charge on any atom is 0.161 e. The molecule has 28 heavy (non-hydrogen) atoms. The number of H-pyrrole nitrogens is 1. The van der Waals surface area contributed by atoms with Crippen LogP contribution < -0.4 is 9.47 Å². The van der Waals surface area contributed by atoms with Crippen molar-refractivity contribution < 1.29 is 9.47 Å². The monoisotopic (exact) mass is 375 g/mol. The molecule has 5 nitrogen and oxygen atoms in total. The largest absolute Gasteiger partial charge is 0.493 e. The summed E-state index contributed by atoms with van der Waals surface area (Å²) < 4.78 is 11.2. The first-order valence-corrected chi connectivity index (χ1v) is 9.99. The molecule has 0 amide bonds. The molecule has 1 fully saturated rings. The summed E-state index contributed by atoms with van der Waals surface area (Å²) in [7, 11) is 3.39. The normalized spacial score (nSPS) is 21.0. The predicted octanol–water partition coefficient (Wildman–Crippen LogP) is 4.77. The van der Waals surface area contributed by atoms with Crippen molar-refractivity contribution in [1.29, 1.82) is 0 Å². The fourth-order valence-electron chi connectivity index (χ4n) is 4.79. The molecule has 2 atom stereocenters. The first-order valence-electron chi connectivity index (χ1n) is 9.99. The summed E-state index contributed by atoms with van der Waals surface area (Å²) in [5, 5.41) is 0. The van der Waals surface area contributed by atoms with Crippen LogP contribution in [0.5, 0.6) is 11.5 Å². The summed E-state index contributed by atoms with van der Waals surface area (Å²) in [6, 6.07) is 11.0. The van der Waals surface area contributed by atoms with Gasteiger partial charge in [-0.15, -0.1) is 0 Å². The van der Waals surface area contributed by atoms with Crippen molar-refractivity contribution in [3.8, 4) is 11.5 Å². The summed E-state index contributed by atoms with van der Waals surface area (Å²) in [4.78, 5) is 13.1. The van der Waals surface area contributed by atoms with Crippen LogP contribution in [0.3, 0.4) is 0 Å². The van der Waals surface area contributed by atoms with Gasteiger partial charge in [0.15, 0.2) is 11.5 Å². The number of fused-ring (bicyclic) bond motifs is 4. The lowest BCUT2D eigenvalue weighted by molar-refractivity contribution is 0.349. The van der Waals surface area contributed by atoms with Gasteiger partial charge in [0, 0.05) is 17.0 Å². The molecule has 0 radical (unpaired) electrons. The number of ether oxygens (including phenoxy) is 2. The summed E-state index contributed by atoms with van der Waals surface area (Å²) >= 11 is 0. The average molecular weight is 375 g/mol. The molecular weight excluding hydrogens is 350 g/mol. The van der Waals surface area contributed by atoms with Crippen LogP contribution in [0.25, 0.3) is 11.0 Å². The minimum atomic E-state index is 0.341. The van der Waals surface area contributed by atoms with Crippen molar-refractivity contribution in [1.82, 2.24) is 9.97 Å². The average Bonchev–Trinajstić information content (AvgIpc) is 3.11. The van der Waals surface area contributed by atoms with Crippen LogP contribution in [0, 0.1) is 6.92 Å². The number of rotatable bonds is 3. The molecule has 2 heterocycles. The van der Waals surface area contributed by atoms with Crippen molar-refractivity contribution in [2.24, 2.45) is 4.99 Å². The highest BCUT2D eigenvalue weighted by Gasteiger charge is 2.34. The number of hydrogen-bond donors (Lipinski definition) is 1. The van der Waals surface area contributed by atoms with Gasteiger partial charge >= 0.3 is 0 Å².